The largest absolute Gasteiger partial charge is 0.460 e. The average molecular weight is 462 g/mol. The average Bonchev–Trinajstić information content (AvgIpc) is 3.21. The zero-order valence-electron chi connectivity index (χ0n) is 20.2. The van der Waals surface area contributed by atoms with E-state index in [4.69, 9.17) is 9.72 Å². The van der Waals surface area contributed by atoms with Crippen molar-refractivity contribution in [3.8, 4) is 28.0 Å². The van der Waals surface area contributed by atoms with Crippen molar-refractivity contribution in [3.63, 3.8) is 0 Å². The molecular weight excluding hydrogens is 430 g/mol. The summed E-state index contributed by atoms with van der Waals surface area (Å²) in [5.74, 6) is 0.980. The Kier molecular flexibility index (Phi) is 7.65. The fourth-order valence-corrected chi connectivity index (χ4v) is 4.32. The minimum absolute atomic E-state index is 0.189. The Morgan fingerprint density at radius 2 is 1.94 bits per heavy atom. The Morgan fingerprint density at radius 1 is 1.18 bits per heavy atom. The van der Waals surface area contributed by atoms with Gasteiger partial charge in [-0.1, -0.05) is 44.2 Å². The number of carbonyl (C=O) groups excluding carboxylic acids is 1. The van der Waals surface area contributed by atoms with Crippen LogP contribution < -0.4 is 0 Å². The predicted molar refractivity (Wildman–Crippen MR) is 133 cm³/mol. The van der Waals surface area contributed by atoms with E-state index in [0.29, 0.717) is 30.1 Å². The zero-order chi connectivity index (χ0) is 24.2. The number of nitriles is 1. The molecule has 0 saturated carbocycles. The predicted octanol–water partition coefficient (Wildman–Crippen LogP) is 6.53. The van der Waals surface area contributed by atoms with Gasteiger partial charge in [-0.2, -0.15) is 9.64 Å². The number of benzene rings is 2. The van der Waals surface area contributed by atoms with Gasteiger partial charge in [-0.15, -0.1) is 0 Å². The van der Waals surface area contributed by atoms with E-state index in [1.807, 2.05) is 58.0 Å². The number of esters is 1. The normalized spacial score (nSPS) is 11.5. The molecule has 2 aromatic carbocycles. The molecule has 0 spiro atoms. The second kappa shape index (κ2) is 10.3. The molecule has 5 nitrogen and oxygen atoms in total. The lowest BCUT2D eigenvalue weighted by molar-refractivity contribution is -0.154. The second-order valence-corrected chi connectivity index (χ2v) is 10.5. The molecule has 3 aromatic rings. The van der Waals surface area contributed by atoms with Gasteiger partial charge in [-0.25, -0.2) is 4.98 Å². The molecule has 0 unspecified atom stereocenters. The molecule has 0 atom stereocenters. The van der Waals surface area contributed by atoms with Crippen molar-refractivity contribution in [1.82, 2.24) is 9.36 Å². The van der Waals surface area contributed by atoms with Gasteiger partial charge in [0.15, 0.2) is 5.82 Å². The maximum Gasteiger partial charge on any atom is 0.306 e. The standard InChI is InChI=1S/C27H31N3O2S/c1-17(2)13-20-9-10-21(15-22(20)16-28)26-29-25(30-33-26)23-11-7-19(14-18(23)3)8-12-24(31)32-27(4,5)6/h7,9-11,14-15,17H,8,12-13H2,1-6H3. The van der Waals surface area contributed by atoms with Gasteiger partial charge in [0, 0.05) is 17.5 Å². The van der Waals surface area contributed by atoms with E-state index in [2.05, 4.69) is 30.4 Å². The van der Waals surface area contributed by atoms with Crippen LogP contribution in [0.25, 0.3) is 22.0 Å². The minimum atomic E-state index is -0.465. The quantitative estimate of drug-likeness (QED) is 0.374. The fraction of sp³-hybridized carbons (Fsp3) is 0.407. The Labute approximate surface area is 200 Å². The second-order valence-electron chi connectivity index (χ2n) is 9.74. The number of hydrogen-bond acceptors (Lipinski definition) is 6. The van der Waals surface area contributed by atoms with Crippen LogP contribution in [0, 0.1) is 24.2 Å². The number of aryl methyl sites for hydroxylation is 2. The van der Waals surface area contributed by atoms with Gasteiger partial charge >= 0.3 is 5.97 Å². The molecule has 0 aliphatic carbocycles. The van der Waals surface area contributed by atoms with Crippen molar-refractivity contribution < 1.29 is 9.53 Å². The van der Waals surface area contributed by atoms with E-state index < -0.39 is 5.60 Å². The van der Waals surface area contributed by atoms with Crippen LogP contribution >= 0.6 is 11.5 Å². The maximum atomic E-state index is 12.0. The van der Waals surface area contributed by atoms with Crippen molar-refractivity contribution in [2.75, 3.05) is 0 Å². The summed E-state index contributed by atoms with van der Waals surface area (Å²) in [4.78, 5) is 16.7. The van der Waals surface area contributed by atoms with Gasteiger partial charge in [0.1, 0.15) is 10.6 Å². The van der Waals surface area contributed by atoms with Gasteiger partial charge in [-0.3, -0.25) is 4.79 Å². The fourth-order valence-electron chi connectivity index (χ4n) is 3.65. The topological polar surface area (TPSA) is 75.9 Å². The third-order valence-electron chi connectivity index (χ3n) is 5.10. The Hall–Kier alpha value is -3.04. The molecule has 33 heavy (non-hydrogen) atoms. The summed E-state index contributed by atoms with van der Waals surface area (Å²) in [5.41, 5.74) is 5.32. The molecule has 1 heterocycles. The van der Waals surface area contributed by atoms with E-state index >= 15 is 0 Å². The summed E-state index contributed by atoms with van der Waals surface area (Å²) < 4.78 is 9.96. The van der Waals surface area contributed by atoms with Crippen molar-refractivity contribution in [2.24, 2.45) is 5.92 Å². The summed E-state index contributed by atoms with van der Waals surface area (Å²) >= 11 is 1.34. The van der Waals surface area contributed by atoms with E-state index in [0.717, 1.165) is 39.2 Å². The van der Waals surface area contributed by atoms with Gasteiger partial charge < -0.3 is 4.74 Å². The van der Waals surface area contributed by atoms with E-state index in [1.54, 1.807) is 0 Å². The number of nitrogens with zero attached hydrogens (tertiary/aromatic N) is 3. The van der Waals surface area contributed by atoms with Crippen molar-refractivity contribution >= 4 is 17.5 Å². The van der Waals surface area contributed by atoms with Gasteiger partial charge in [0.05, 0.1) is 11.6 Å². The van der Waals surface area contributed by atoms with Crippen molar-refractivity contribution in [1.29, 1.82) is 5.26 Å². The highest BCUT2D eigenvalue weighted by atomic mass is 32.1. The molecule has 0 bridgehead atoms. The molecule has 0 saturated heterocycles. The minimum Gasteiger partial charge on any atom is -0.460 e. The maximum absolute atomic E-state index is 12.0. The monoisotopic (exact) mass is 461 g/mol. The lowest BCUT2D eigenvalue weighted by atomic mass is 9.97. The number of hydrogen-bond donors (Lipinski definition) is 0. The molecule has 6 heteroatoms. The first-order valence-corrected chi connectivity index (χ1v) is 12.0. The lowest BCUT2D eigenvalue weighted by Gasteiger charge is -2.19. The molecule has 0 radical (unpaired) electrons. The molecule has 3 rings (SSSR count). The SMILES string of the molecule is Cc1cc(CCC(=O)OC(C)(C)C)ccc1-c1nsc(-c2ccc(CC(C)C)c(C#N)c2)n1. The number of ether oxygens (including phenoxy) is 1. The first kappa shape index (κ1) is 24.6. The molecule has 0 fully saturated rings. The smallest absolute Gasteiger partial charge is 0.306 e. The molecule has 0 N–H and O–H groups in total. The van der Waals surface area contributed by atoms with Crippen molar-refractivity contribution in [3.05, 3.63) is 58.7 Å². The highest BCUT2D eigenvalue weighted by Crippen LogP contribution is 2.30. The Balaban J connectivity index is 1.75. The van der Waals surface area contributed by atoms with Gasteiger partial charge in [0.25, 0.3) is 0 Å². The summed E-state index contributed by atoms with van der Waals surface area (Å²) in [5, 5.41) is 10.4. The van der Waals surface area contributed by atoms with Crippen LogP contribution in [0.4, 0.5) is 0 Å². The van der Waals surface area contributed by atoms with Crippen LogP contribution in [0.3, 0.4) is 0 Å². The van der Waals surface area contributed by atoms with Crippen LogP contribution in [-0.2, 0) is 22.4 Å². The van der Waals surface area contributed by atoms with Gasteiger partial charge in [-0.05, 0) is 80.7 Å². The Morgan fingerprint density at radius 3 is 2.58 bits per heavy atom. The molecule has 0 aliphatic heterocycles. The van der Waals surface area contributed by atoms with Crippen LogP contribution in [0.15, 0.2) is 36.4 Å². The molecule has 1 aromatic heterocycles. The first-order chi connectivity index (χ1) is 15.6. The number of aromatic nitrogens is 2. The third kappa shape index (κ3) is 6.72. The number of rotatable bonds is 7. The molecule has 172 valence electrons. The lowest BCUT2D eigenvalue weighted by Crippen LogP contribution is -2.24. The first-order valence-electron chi connectivity index (χ1n) is 11.2. The van der Waals surface area contributed by atoms with E-state index in [9.17, 15) is 10.1 Å². The van der Waals surface area contributed by atoms with Crippen LogP contribution in [-0.4, -0.2) is 20.9 Å². The summed E-state index contributed by atoms with van der Waals surface area (Å²) in [6, 6.07) is 14.4. The highest BCUT2D eigenvalue weighted by Gasteiger charge is 2.17. The molecular formula is C27H31N3O2S. The summed E-state index contributed by atoms with van der Waals surface area (Å²) in [6.07, 6.45) is 1.86. The van der Waals surface area contributed by atoms with Crippen LogP contribution in [0.2, 0.25) is 0 Å². The van der Waals surface area contributed by atoms with Crippen LogP contribution in [0.5, 0.6) is 0 Å². The summed E-state index contributed by atoms with van der Waals surface area (Å²) in [6.45, 7) is 12.0. The third-order valence-corrected chi connectivity index (χ3v) is 5.87. The van der Waals surface area contributed by atoms with Gasteiger partial charge in [0.2, 0.25) is 0 Å². The highest BCUT2D eigenvalue weighted by molar-refractivity contribution is 7.09. The zero-order valence-corrected chi connectivity index (χ0v) is 21.0. The number of carbonyl (C=O) groups is 1. The summed E-state index contributed by atoms with van der Waals surface area (Å²) in [7, 11) is 0. The molecule has 0 amide bonds. The molecule has 0 aliphatic rings. The van der Waals surface area contributed by atoms with Crippen molar-refractivity contribution in [2.45, 2.75) is 66.4 Å². The Bertz CT molecular complexity index is 1180. The van der Waals surface area contributed by atoms with Crippen LogP contribution in [0.1, 0.15) is 63.3 Å². The van der Waals surface area contributed by atoms with E-state index in [1.165, 1.54) is 11.5 Å². The van der Waals surface area contributed by atoms with E-state index in [-0.39, 0.29) is 5.97 Å².